The van der Waals surface area contributed by atoms with E-state index in [1.807, 2.05) is 13.1 Å². The molecule has 0 spiro atoms. The molecule has 0 fully saturated rings. The van der Waals surface area contributed by atoms with E-state index in [1.54, 1.807) is 0 Å². The third-order valence-corrected chi connectivity index (χ3v) is 3.44. The van der Waals surface area contributed by atoms with Crippen LogP contribution in [0.25, 0.3) is 0 Å². The highest BCUT2D eigenvalue weighted by Gasteiger charge is 2.28. The number of carboxylic acids is 1. The molecule has 2 rings (SSSR count). The molecular weight excluding hydrogens is 214 g/mol. The fourth-order valence-corrected chi connectivity index (χ4v) is 2.44. The van der Waals surface area contributed by atoms with Gasteiger partial charge in [-0.3, -0.25) is 4.79 Å². The maximum atomic E-state index is 11.3. The highest BCUT2D eigenvalue weighted by atomic mass is 16.4. The number of benzene rings is 1. The number of nitrogens with zero attached hydrogens (tertiary/aromatic N) is 1. The van der Waals surface area contributed by atoms with Crippen LogP contribution < -0.4 is 0 Å². The fourth-order valence-electron chi connectivity index (χ4n) is 2.44. The van der Waals surface area contributed by atoms with Crippen LogP contribution in [0.1, 0.15) is 42.4 Å². The van der Waals surface area contributed by atoms with Crippen molar-refractivity contribution in [3.63, 3.8) is 0 Å². The summed E-state index contributed by atoms with van der Waals surface area (Å²) < 4.78 is 0. The van der Waals surface area contributed by atoms with E-state index in [0.29, 0.717) is 12.5 Å². The third kappa shape index (κ3) is 2.34. The highest BCUT2D eigenvalue weighted by molar-refractivity contribution is 5.77. The number of likely N-dealkylation sites (N-methyl/N-ethyl adjacent to an activating group) is 1. The maximum absolute atomic E-state index is 11.3. The van der Waals surface area contributed by atoms with Gasteiger partial charge in [0, 0.05) is 13.1 Å². The highest BCUT2D eigenvalue weighted by Crippen LogP contribution is 2.30. The van der Waals surface area contributed by atoms with Crippen LogP contribution in [0.4, 0.5) is 0 Å². The molecule has 1 aliphatic heterocycles. The van der Waals surface area contributed by atoms with Crippen LogP contribution in [-0.2, 0) is 11.3 Å². The molecule has 3 heteroatoms. The predicted molar refractivity (Wildman–Crippen MR) is 67.2 cm³/mol. The van der Waals surface area contributed by atoms with Gasteiger partial charge in [-0.25, -0.2) is 0 Å². The van der Waals surface area contributed by atoms with Gasteiger partial charge in [-0.15, -0.1) is 0 Å². The van der Waals surface area contributed by atoms with Crippen molar-refractivity contribution in [3.8, 4) is 0 Å². The number of aliphatic carboxylic acids is 1. The SMILES string of the molecule is CC(C)c1ccc2c(c1)CN(C)CC2C(=O)O. The molecule has 1 aromatic rings. The number of rotatable bonds is 2. The lowest BCUT2D eigenvalue weighted by molar-refractivity contribution is -0.139. The van der Waals surface area contributed by atoms with Crippen molar-refractivity contribution in [2.24, 2.45) is 0 Å². The van der Waals surface area contributed by atoms with Crippen molar-refractivity contribution in [1.29, 1.82) is 0 Å². The van der Waals surface area contributed by atoms with Crippen LogP contribution in [0.5, 0.6) is 0 Å². The summed E-state index contributed by atoms with van der Waals surface area (Å²) in [6, 6.07) is 6.22. The molecule has 1 aromatic carbocycles. The first-order valence-electron chi connectivity index (χ1n) is 6.03. The van der Waals surface area contributed by atoms with Gasteiger partial charge in [0.05, 0.1) is 5.92 Å². The van der Waals surface area contributed by atoms with E-state index in [9.17, 15) is 9.90 Å². The molecule has 0 aromatic heterocycles. The van der Waals surface area contributed by atoms with E-state index in [1.165, 1.54) is 5.56 Å². The van der Waals surface area contributed by atoms with Crippen LogP contribution in [0.15, 0.2) is 18.2 Å². The molecule has 0 bridgehead atoms. The Morgan fingerprint density at radius 2 is 2.18 bits per heavy atom. The van der Waals surface area contributed by atoms with Gasteiger partial charge >= 0.3 is 5.97 Å². The van der Waals surface area contributed by atoms with Crippen molar-refractivity contribution >= 4 is 5.97 Å². The van der Waals surface area contributed by atoms with Crippen molar-refractivity contribution in [2.45, 2.75) is 32.2 Å². The molecule has 1 heterocycles. The van der Waals surface area contributed by atoms with Gasteiger partial charge in [0.25, 0.3) is 0 Å². The molecule has 1 unspecified atom stereocenters. The summed E-state index contributed by atoms with van der Waals surface area (Å²) in [5, 5.41) is 9.25. The van der Waals surface area contributed by atoms with Crippen molar-refractivity contribution < 1.29 is 9.90 Å². The number of hydrogen-bond acceptors (Lipinski definition) is 2. The monoisotopic (exact) mass is 233 g/mol. The standard InChI is InChI=1S/C14H19NO2/c1-9(2)10-4-5-12-11(6-10)7-15(3)8-13(12)14(16)17/h4-6,9,13H,7-8H2,1-3H3,(H,16,17). The van der Waals surface area contributed by atoms with Crippen LogP contribution in [0.3, 0.4) is 0 Å². The minimum absolute atomic E-state index is 0.384. The summed E-state index contributed by atoms with van der Waals surface area (Å²) in [7, 11) is 1.97. The molecule has 1 aliphatic rings. The minimum Gasteiger partial charge on any atom is -0.481 e. The Balaban J connectivity index is 2.43. The lowest BCUT2D eigenvalue weighted by atomic mass is 9.87. The van der Waals surface area contributed by atoms with Gasteiger partial charge in [0.1, 0.15) is 0 Å². The Kier molecular flexibility index (Phi) is 3.20. The molecule has 1 atom stereocenters. The molecule has 0 aliphatic carbocycles. The summed E-state index contributed by atoms with van der Waals surface area (Å²) in [6.45, 7) is 5.76. The average Bonchev–Trinajstić information content (AvgIpc) is 2.26. The Morgan fingerprint density at radius 1 is 1.47 bits per heavy atom. The average molecular weight is 233 g/mol. The number of carboxylic acid groups (broad SMARTS) is 1. The van der Waals surface area contributed by atoms with Gasteiger partial charge in [-0.05, 0) is 29.7 Å². The minimum atomic E-state index is -0.727. The first-order chi connectivity index (χ1) is 7.99. The quantitative estimate of drug-likeness (QED) is 0.852. The van der Waals surface area contributed by atoms with Crippen LogP contribution in [-0.4, -0.2) is 29.6 Å². The number of hydrogen-bond donors (Lipinski definition) is 1. The first-order valence-corrected chi connectivity index (χ1v) is 6.03. The summed E-state index contributed by atoms with van der Waals surface area (Å²) in [5.74, 6) is -0.629. The maximum Gasteiger partial charge on any atom is 0.312 e. The lowest BCUT2D eigenvalue weighted by Crippen LogP contribution is -2.34. The number of carbonyl (C=O) groups is 1. The topological polar surface area (TPSA) is 40.5 Å². The normalized spacial score (nSPS) is 20.4. The Bertz CT molecular complexity index is 440. The fraction of sp³-hybridized carbons (Fsp3) is 0.500. The van der Waals surface area contributed by atoms with Crippen LogP contribution >= 0.6 is 0 Å². The smallest absolute Gasteiger partial charge is 0.312 e. The number of fused-ring (bicyclic) bond motifs is 1. The van der Waals surface area contributed by atoms with E-state index in [4.69, 9.17) is 0 Å². The third-order valence-electron chi connectivity index (χ3n) is 3.44. The second kappa shape index (κ2) is 4.49. The zero-order chi connectivity index (χ0) is 12.6. The summed E-state index contributed by atoms with van der Waals surface area (Å²) in [4.78, 5) is 13.3. The molecule has 0 saturated heterocycles. The Morgan fingerprint density at radius 3 is 2.76 bits per heavy atom. The van der Waals surface area contributed by atoms with Gasteiger partial charge < -0.3 is 10.0 Å². The van der Waals surface area contributed by atoms with Gasteiger partial charge in [-0.2, -0.15) is 0 Å². The Hall–Kier alpha value is -1.35. The zero-order valence-corrected chi connectivity index (χ0v) is 10.6. The van der Waals surface area contributed by atoms with Crippen LogP contribution in [0, 0.1) is 0 Å². The van der Waals surface area contributed by atoms with Crippen molar-refractivity contribution in [3.05, 3.63) is 34.9 Å². The molecule has 0 amide bonds. The van der Waals surface area contributed by atoms with E-state index >= 15 is 0 Å². The van der Waals surface area contributed by atoms with E-state index in [-0.39, 0.29) is 5.92 Å². The lowest BCUT2D eigenvalue weighted by Gasteiger charge is -2.30. The molecule has 0 saturated carbocycles. The van der Waals surface area contributed by atoms with Gasteiger partial charge in [0.2, 0.25) is 0 Å². The van der Waals surface area contributed by atoms with Crippen molar-refractivity contribution in [1.82, 2.24) is 4.90 Å². The van der Waals surface area contributed by atoms with Gasteiger partial charge in [-0.1, -0.05) is 32.0 Å². The summed E-state index contributed by atoms with van der Waals surface area (Å²) in [5.41, 5.74) is 3.43. The van der Waals surface area contributed by atoms with Gasteiger partial charge in [0.15, 0.2) is 0 Å². The second-order valence-electron chi connectivity index (χ2n) is 5.20. The van der Waals surface area contributed by atoms with Crippen molar-refractivity contribution in [2.75, 3.05) is 13.6 Å². The molecule has 17 heavy (non-hydrogen) atoms. The van der Waals surface area contributed by atoms with E-state index in [2.05, 4.69) is 30.9 Å². The molecule has 92 valence electrons. The largest absolute Gasteiger partial charge is 0.481 e. The molecular formula is C14H19NO2. The van der Waals surface area contributed by atoms with E-state index < -0.39 is 5.97 Å². The first kappa shape index (κ1) is 12.1. The predicted octanol–water partition coefficient (Wildman–Crippen LogP) is 2.42. The summed E-state index contributed by atoms with van der Waals surface area (Å²) >= 11 is 0. The second-order valence-corrected chi connectivity index (χ2v) is 5.20. The molecule has 0 radical (unpaired) electrons. The zero-order valence-electron chi connectivity index (χ0n) is 10.6. The Labute approximate surface area is 102 Å². The van der Waals surface area contributed by atoms with Crippen LogP contribution in [0.2, 0.25) is 0 Å². The van der Waals surface area contributed by atoms with E-state index in [0.717, 1.165) is 17.7 Å². The molecule has 1 N–H and O–H groups in total. The molecule has 3 nitrogen and oxygen atoms in total. The summed E-state index contributed by atoms with van der Waals surface area (Å²) in [6.07, 6.45) is 0.